The standard InChI is InChI=1S/C19H20ClN3O2/c1-4-12(2)21-19(24)17-11-16(18-9-8-13(3)25-18)22-23(17)15-7-5-6-14(20)10-15/h5-12H,4H2,1-3H3,(H,21,24). The highest BCUT2D eigenvalue weighted by atomic mass is 35.5. The van der Waals surface area contributed by atoms with Crippen molar-refractivity contribution in [3.05, 3.63) is 58.9 Å². The van der Waals surface area contributed by atoms with Gasteiger partial charge in [-0.2, -0.15) is 5.10 Å². The van der Waals surface area contributed by atoms with Crippen molar-refractivity contribution < 1.29 is 9.21 Å². The lowest BCUT2D eigenvalue weighted by molar-refractivity contribution is 0.0931. The zero-order chi connectivity index (χ0) is 18.0. The van der Waals surface area contributed by atoms with Gasteiger partial charge in [0.15, 0.2) is 5.76 Å². The number of aromatic nitrogens is 2. The van der Waals surface area contributed by atoms with Gasteiger partial charge in [0.2, 0.25) is 0 Å². The molecule has 2 aromatic heterocycles. The number of nitrogens with zero attached hydrogens (tertiary/aromatic N) is 2. The molecule has 1 atom stereocenters. The average molecular weight is 358 g/mol. The Morgan fingerprint density at radius 3 is 2.76 bits per heavy atom. The molecule has 0 spiro atoms. The summed E-state index contributed by atoms with van der Waals surface area (Å²) in [5, 5.41) is 8.12. The fourth-order valence-corrected chi connectivity index (χ4v) is 2.62. The molecule has 0 fully saturated rings. The highest BCUT2D eigenvalue weighted by Gasteiger charge is 2.20. The van der Waals surface area contributed by atoms with Crippen LogP contribution in [-0.2, 0) is 0 Å². The summed E-state index contributed by atoms with van der Waals surface area (Å²) in [6.07, 6.45) is 0.848. The highest BCUT2D eigenvalue weighted by molar-refractivity contribution is 6.30. The Morgan fingerprint density at radius 1 is 1.32 bits per heavy atom. The van der Waals surface area contributed by atoms with Crippen LogP contribution in [0.4, 0.5) is 0 Å². The van der Waals surface area contributed by atoms with Gasteiger partial charge in [0.1, 0.15) is 17.1 Å². The predicted molar refractivity (Wildman–Crippen MR) is 98.2 cm³/mol. The molecule has 3 rings (SSSR count). The maximum Gasteiger partial charge on any atom is 0.270 e. The molecule has 0 aliphatic rings. The molecular formula is C19H20ClN3O2. The van der Waals surface area contributed by atoms with Gasteiger partial charge in [-0.15, -0.1) is 0 Å². The van der Waals surface area contributed by atoms with Crippen LogP contribution in [0.2, 0.25) is 5.02 Å². The Balaban J connectivity index is 2.07. The van der Waals surface area contributed by atoms with Gasteiger partial charge in [-0.3, -0.25) is 4.79 Å². The lowest BCUT2D eigenvalue weighted by Gasteiger charge is -2.12. The van der Waals surface area contributed by atoms with Crippen molar-refractivity contribution in [2.75, 3.05) is 0 Å². The summed E-state index contributed by atoms with van der Waals surface area (Å²) in [5.41, 5.74) is 1.75. The Kier molecular flexibility index (Phi) is 4.95. The van der Waals surface area contributed by atoms with Crippen LogP contribution in [0.25, 0.3) is 17.1 Å². The second-order valence-corrected chi connectivity index (χ2v) is 6.44. The second-order valence-electron chi connectivity index (χ2n) is 6.00. The number of amides is 1. The van der Waals surface area contributed by atoms with E-state index < -0.39 is 0 Å². The number of carbonyl (C=O) groups is 1. The highest BCUT2D eigenvalue weighted by Crippen LogP contribution is 2.24. The van der Waals surface area contributed by atoms with Gasteiger partial charge >= 0.3 is 0 Å². The van der Waals surface area contributed by atoms with Crippen molar-refractivity contribution in [3.63, 3.8) is 0 Å². The van der Waals surface area contributed by atoms with Gasteiger partial charge in [0, 0.05) is 17.1 Å². The number of carbonyl (C=O) groups excluding carboxylic acids is 1. The average Bonchev–Trinajstić information content (AvgIpc) is 3.21. The van der Waals surface area contributed by atoms with Crippen LogP contribution in [0.15, 0.2) is 46.9 Å². The second kappa shape index (κ2) is 7.15. The van der Waals surface area contributed by atoms with E-state index >= 15 is 0 Å². The van der Waals surface area contributed by atoms with E-state index in [0.717, 1.165) is 17.9 Å². The minimum atomic E-state index is -0.184. The number of rotatable bonds is 5. The number of furan rings is 1. The van der Waals surface area contributed by atoms with Crippen LogP contribution < -0.4 is 5.32 Å². The van der Waals surface area contributed by atoms with Crippen molar-refractivity contribution in [2.24, 2.45) is 0 Å². The fraction of sp³-hybridized carbons (Fsp3) is 0.263. The minimum Gasteiger partial charge on any atom is -0.460 e. The number of hydrogen-bond acceptors (Lipinski definition) is 3. The quantitative estimate of drug-likeness (QED) is 0.724. The van der Waals surface area contributed by atoms with E-state index in [4.69, 9.17) is 16.0 Å². The van der Waals surface area contributed by atoms with Crippen molar-refractivity contribution in [3.8, 4) is 17.1 Å². The minimum absolute atomic E-state index is 0.0736. The molecule has 3 aromatic rings. The Hall–Kier alpha value is -2.53. The molecule has 0 aliphatic carbocycles. The zero-order valence-electron chi connectivity index (χ0n) is 14.4. The Morgan fingerprint density at radius 2 is 2.12 bits per heavy atom. The third-order valence-corrected chi connectivity index (χ3v) is 4.21. The molecule has 6 heteroatoms. The molecule has 1 aromatic carbocycles. The normalized spacial score (nSPS) is 12.2. The van der Waals surface area contributed by atoms with E-state index in [1.807, 2.05) is 45.0 Å². The lowest BCUT2D eigenvalue weighted by atomic mass is 10.2. The Labute approximate surface area is 151 Å². The van der Waals surface area contributed by atoms with Crippen LogP contribution in [0.5, 0.6) is 0 Å². The molecule has 1 unspecified atom stereocenters. The van der Waals surface area contributed by atoms with Crippen molar-refractivity contribution >= 4 is 17.5 Å². The van der Waals surface area contributed by atoms with Gasteiger partial charge in [0.25, 0.3) is 5.91 Å². The smallest absolute Gasteiger partial charge is 0.270 e. The third-order valence-electron chi connectivity index (χ3n) is 3.98. The van der Waals surface area contributed by atoms with Crippen LogP contribution in [-0.4, -0.2) is 21.7 Å². The van der Waals surface area contributed by atoms with Gasteiger partial charge in [-0.05, 0) is 50.6 Å². The van der Waals surface area contributed by atoms with E-state index in [-0.39, 0.29) is 11.9 Å². The molecule has 5 nitrogen and oxygen atoms in total. The topological polar surface area (TPSA) is 60.1 Å². The van der Waals surface area contributed by atoms with Crippen molar-refractivity contribution in [2.45, 2.75) is 33.2 Å². The van der Waals surface area contributed by atoms with E-state index in [0.29, 0.717) is 22.2 Å². The molecule has 0 saturated heterocycles. The molecule has 130 valence electrons. The third kappa shape index (κ3) is 3.77. The lowest BCUT2D eigenvalue weighted by Crippen LogP contribution is -2.33. The van der Waals surface area contributed by atoms with E-state index in [1.165, 1.54) is 0 Å². The summed E-state index contributed by atoms with van der Waals surface area (Å²) < 4.78 is 7.24. The zero-order valence-corrected chi connectivity index (χ0v) is 15.2. The first kappa shape index (κ1) is 17.3. The van der Waals surface area contributed by atoms with Gasteiger partial charge < -0.3 is 9.73 Å². The van der Waals surface area contributed by atoms with Crippen molar-refractivity contribution in [1.29, 1.82) is 0 Å². The SMILES string of the molecule is CCC(C)NC(=O)c1cc(-c2ccc(C)o2)nn1-c1cccc(Cl)c1. The summed E-state index contributed by atoms with van der Waals surface area (Å²) in [6, 6.07) is 12.8. The van der Waals surface area contributed by atoms with E-state index in [9.17, 15) is 4.79 Å². The van der Waals surface area contributed by atoms with Gasteiger partial charge in [0.05, 0.1) is 5.69 Å². The first-order valence-electron chi connectivity index (χ1n) is 8.21. The number of hydrogen-bond donors (Lipinski definition) is 1. The first-order valence-corrected chi connectivity index (χ1v) is 8.59. The van der Waals surface area contributed by atoms with Crippen molar-refractivity contribution in [1.82, 2.24) is 15.1 Å². The maximum absolute atomic E-state index is 12.7. The molecule has 1 N–H and O–H groups in total. The van der Waals surface area contributed by atoms with E-state index in [1.54, 1.807) is 22.9 Å². The predicted octanol–water partition coefficient (Wildman–Crippen LogP) is 4.62. The molecule has 25 heavy (non-hydrogen) atoms. The number of nitrogens with one attached hydrogen (secondary N) is 1. The maximum atomic E-state index is 12.7. The summed E-state index contributed by atoms with van der Waals surface area (Å²) >= 11 is 6.10. The molecule has 2 heterocycles. The van der Waals surface area contributed by atoms with Gasteiger partial charge in [-0.25, -0.2) is 4.68 Å². The molecular weight excluding hydrogens is 338 g/mol. The summed E-state index contributed by atoms with van der Waals surface area (Å²) in [5.74, 6) is 1.23. The molecule has 0 bridgehead atoms. The van der Waals surface area contributed by atoms with Crippen LogP contribution in [0.1, 0.15) is 36.5 Å². The monoisotopic (exact) mass is 357 g/mol. The summed E-state index contributed by atoms with van der Waals surface area (Å²) in [7, 11) is 0. The molecule has 0 radical (unpaired) electrons. The largest absolute Gasteiger partial charge is 0.460 e. The van der Waals surface area contributed by atoms with Crippen LogP contribution in [0.3, 0.4) is 0 Å². The van der Waals surface area contributed by atoms with Crippen LogP contribution >= 0.6 is 11.6 Å². The van der Waals surface area contributed by atoms with Crippen LogP contribution in [0, 0.1) is 6.92 Å². The molecule has 1 amide bonds. The first-order chi connectivity index (χ1) is 12.0. The van der Waals surface area contributed by atoms with E-state index in [2.05, 4.69) is 10.4 Å². The summed E-state index contributed by atoms with van der Waals surface area (Å²) in [4.78, 5) is 12.7. The number of benzene rings is 1. The number of halogens is 1. The summed E-state index contributed by atoms with van der Waals surface area (Å²) in [6.45, 7) is 5.86. The molecule has 0 saturated carbocycles. The molecule has 0 aliphatic heterocycles. The Bertz CT molecular complexity index is 898. The van der Waals surface area contributed by atoms with Gasteiger partial charge in [-0.1, -0.05) is 24.6 Å². The fourth-order valence-electron chi connectivity index (χ4n) is 2.44. The number of aryl methyl sites for hydroxylation is 1.